The van der Waals surface area contributed by atoms with E-state index in [4.69, 9.17) is 9.47 Å². The third-order valence-electron chi connectivity index (χ3n) is 10.6. The Bertz CT molecular complexity index is 1880. The van der Waals surface area contributed by atoms with Crippen molar-refractivity contribution >= 4 is 29.1 Å². The van der Waals surface area contributed by atoms with Gasteiger partial charge in [-0.05, 0) is 64.5 Å². The molecule has 1 aromatic carbocycles. The van der Waals surface area contributed by atoms with Crippen LogP contribution in [0.25, 0.3) is 0 Å². The van der Waals surface area contributed by atoms with Gasteiger partial charge in [0.25, 0.3) is 11.8 Å². The molecule has 4 heterocycles. The topological polar surface area (TPSA) is 130 Å². The van der Waals surface area contributed by atoms with E-state index in [0.29, 0.717) is 48.0 Å². The zero-order valence-corrected chi connectivity index (χ0v) is 32.0. The summed E-state index contributed by atoms with van der Waals surface area (Å²) in [4.78, 5) is 45.8. The van der Waals surface area contributed by atoms with Crippen LogP contribution in [0.1, 0.15) is 98.5 Å². The molecule has 5 rings (SSSR count). The lowest BCUT2D eigenvalue weighted by molar-refractivity contribution is -0.163. The van der Waals surface area contributed by atoms with E-state index in [2.05, 4.69) is 4.98 Å². The molecular formula is C39H45F6N3O7S. The number of likely N-dealkylation sites (tertiary alicyclic amines) is 2. The first kappa shape index (κ1) is 42.8. The number of rotatable bonds is 13. The molecule has 10 nitrogen and oxygen atoms in total. The van der Waals surface area contributed by atoms with E-state index in [1.807, 2.05) is 0 Å². The van der Waals surface area contributed by atoms with Crippen LogP contribution >= 0.6 is 11.3 Å². The number of aliphatic hydroxyl groups is 1. The lowest BCUT2D eigenvalue weighted by Crippen LogP contribution is -2.68. The molecule has 2 fully saturated rings. The molecule has 2 aliphatic rings. The summed E-state index contributed by atoms with van der Waals surface area (Å²) >= 11 is 0.362. The smallest absolute Gasteiger partial charge is 0.425 e. The van der Waals surface area contributed by atoms with Crippen LogP contribution in [0.4, 0.5) is 26.3 Å². The van der Waals surface area contributed by atoms with Gasteiger partial charge in [0.2, 0.25) is 5.60 Å². The molecule has 0 radical (unpaired) electrons. The number of halogens is 6. The molecule has 3 aromatic rings. The zero-order chi connectivity index (χ0) is 41.1. The summed E-state index contributed by atoms with van der Waals surface area (Å²) < 4.78 is 95.6. The van der Waals surface area contributed by atoms with E-state index < -0.39 is 68.8 Å². The van der Waals surface area contributed by atoms with Crippen molar-refractivity contribution in [3.8, 4) is 11.5 Å². The van der Waals surface area contributed by atoms with Crippen molar-refractivity contribution in [3.63, 3.8) is 0 Å². The number of amides is 2. The molecule has 2 aromatic heterocycles. The zero-order valence-electron chi connectivity index (χ0n) is 31.2. The van der Waals surface area contributed by atoms with Crippen LogP contribution in [0.2, 0.25) is 0 Å². The minimum atomic E-state index is -4.90. The molecule has 2 atom stereocenters. The normalized spacial score (nSPS) is 20.4. The lowest BCUT2D eigenvalue weighted by Gasteiger charge is -2.51. The fraction of sp³-hybridized carbons (Fsp3) is 0.538. The first-order chi connectivity index (χ1) is 26.2. The van der Waals surface area contributed by atoms with Crippen LogP contribution in [-0.4, -0.2) is 80.7 Å². The summed E-state index contributed by atoms with van der Waals surface area (Å²) in [5.74, 6) is -2.52. The number of alkyl halides is 6. The van der Waals surface area contributed by atoms with E-state index in [1.54, 1.807) is 45.0 Å². The predicted octanol–water partition coefficient (Wildman–Crippen LogP) is 8.18. The molecule has 2 unspecified atom stereocenters. The average molecular weight is 814 g/mol. The van der Waals surface area contributed by atoms with Gasteiger partial charge in [-0.1, -0.05) is 31.5 Å². The number of benzene rings is 1. The van der Waals surface area contributed by atoms with Crippen LogP contribution in [-0.2, 0) is 27.5 Å². The molecule has 56 heavy (non-hydrogen) atoms. The van der Waals surface area contributed by atoms with Crippen molar-refractivity contribution in [3.05, 3.63) is 75.7 Å². The van der Waals surface area contributed by atoms with E-state index >= 15 is 0 Å². The Hall–Kier alpha value is -4.38. The Kier molecular flexibility index (Phi) is 12.7. The maximum absolute atomic E-state index is 14.9. The van der Waals surface area contributed by atoms with Gasteiger partial charge in [0, 0.05) is 55.5 Å². The highest BCUT2D eigenvalue weighted by molar-refractivity contribution is 7.10. The van der Waals surface area contributed by atoms with Crippen molar-refractivity contribution in [2.75, 3.05) is 26.2 Å². The van der Waals surface area contributed by atoms with Crippen LogP contribution in [0, 0.1) is 5.41 Å². The van der Waals surface area contributed by atoms with Gasteiger partial charge in [0.15, 0.2) is 0 Å². The fourth-order valence-electron chi connectivity index (χ4n) is 7.50. The number of hydrogen-bond donors (Lipinski definition) is 2. The van der Waals surface area contributed by atoms with Crippen LogP contribution in [0.5, 0.6) is 11.5 Å². The Balaban J connectivity index is 1.44. The molecule has 0 bridgehead atoms. The van der Waals surface area contributed by atoms with Crippen molar-refractivity contribution in [1.29, 1.82) is 0 Å². The van der Waals surface area contributed by atoms with Gasteiger partial charge in [-0.3, -0.25) is 19.4 Å². The molecular weight excluding hydrogens is 768 g/mol. The highest BCUT2D eigenvalue weighted by Crippen LogP contribution is 2.44. The number of para-hydroxylation sites is 1. The van der Waals surface area contributed by atoms with Crippen molar-refractivity contribution < 1.29 is 60.4 Å². The molecule has 2 amide bonds. The SMILES string of the molecule is CCCC1N(C(=O)c2cnccc2C(F)(F)F)CCCC1(Oc1csc(C(F)(F)F)c1)C(=O)N1CCC(O)(c2ccccc2OCCCC(C)(C)C(=O)O)CC1. The Morgan fingerprint density at radius 1 is 1.00 bits per heavy atom. The summed E-state index contributed by atoms with van der Waals surface area (Å²) in [6.45, 7) is 5.05. The van der Waals surface area contributed by atoms with Gasteiger partial charge >= 0.3 is 18.3 Å². The van der Waals surface area contributed by atoms with Crippen molar-refractivity contribution in [1.82, 2.24) is 14.8 Å². The molecule has 17 heteroatoms. The second-order valence-electron chi connectivity index (χ2n) is 14.9. The van der Waals surface area contributed by atoms with Crippen LogP contribution < -0.4 is 9.47 Å². The Morgan fingerprint density at radius 2 is 1.70 bits per heavy atom. The molecule has 0 spiro atoms. The number of ether oxygens (including phenoxy) is 2. The van der Waals surface area contributed by atoms with E-state index in [1.165, 1.54) is 4.90 Å². The molecule has 2 N–H and O–H groups in total. The average Bonchev–Trinajstić information content (AvgIpc) is 3.63. The number of hydrogen-bond acceptors (Lipinski definition) is 8. The van der Waals surface area contributed by atoms with E-state index in [9.17, 15) is 50.9 Å². The van der Waals surface area contributed by atoms with Gasteiger partial charge in [-0.25, -0.2) is 0 Å². The molecule has 2 aliphatic heterocycles. The molecule has 2 saturated heterocycles. The number of thiophene rings is 1. The van der Waals surface area contributed by atoms with Gasteiger partial charge in [0.05, 0.1) is 34.8 Å². The highest BCUT2D eigenvalue weighted by atomic mass is 32.1. The van der Waals surface area contributed by atoms with Gasteiger partial charge in [-0.2, -0.15) is 26.3 Å². The largest absolute Gasteiger partial charge is 0.493 e. The fourth-order valence-corrected chi connectivity index (χ4v) is 8.18. The van der Waals surface area contributed by atoms with E-state index in [-0.39, 0.29) is 64.1 Å². The summed E-state index contributed by atoms with van der Waals surface area (Å²) in [6, 6.07) is 7.09. The number of aliphatic carboxylic acids is 1. The monoisotopic (exact) mass is 813 g/mol. The van der Waals surface area contributed by atoms with E-state index in [0.717, 1.165) is 28.7 Å². The predicted molar refractivity (Wildman–Crippen MR) is 193 cm³/mol. The number of nitrogens with zero attached hydrogens (tertiary/aromatic N) is 3. The number of carbonyl (C=O) groups excluding carboxylic acids is 2. The minimum Gasteiger partial charge on any atom is -0.493 e. The van der Waals surface area contributed by atoms with Crippen molar-refractivity contribution in [2.45, 2.75) is 102 Å². The summed E-state index contributed by atoms with van der Waals surface area (Å²) in [5.41, 5.74) is -5.89. The van der Waals surface area contributed by atoms with Gasteiger partial charge < -0.3 is 29.5 Å². The van der Waals surface area contributed by atoms with Gasteiger partial charge in [-0.15, -0.1) is 11.3 Å². The minimum absolute atomic E-state index is 0.0175. The van der Waals surface area contributed by atoms with Gasteiger partial charge in [0.1, 0.15) is 16.4 Å². The van der Waals surface area contributed by atoms with Crippen molar-refractivity contribution in [2.24, 2.45) is 5.41 Å². The highest BCUT2D eigenvalue weighted by Gasteiger charge is 2.56. The Morgan fingerprint density at radius 3 is 2.32 bits per heavy atom. The second kappa shape index (κ2) is 16.6. The molecule has 306 valence electrons. The summed E-state index contributed by atoms with van der Waals surface area (Å²) in [6.07, 6.45) is -6.61. The molecule has 0 saturated carbocycles. The molecule has 0 aliphatic carbocycles. The van der Waals surface area contributed by atoms with Crippen LogP contribution in [0.15, 0.2) is 54.2 Å². The Labute approximate surface area is 324 Å². The summed E-state index contributed by atoms with van der Waals surface area (Å²) in [5, 5.41) is 22.5. The number of aromatic nitrogens is 1. The number of pyridine rings is 1. The number of carbonyl (C=O) groups is 3. The number of piperidine rings is 2. The first-order valence-corrected chi connectivity index (χ1v) is 19.3. The maximum atomic E-state index is 14.9. The standard InChI is InChI=1S/C39H45F6N3O7S/c1-4-9-30-37(55-25-22-31(56-24-25)39(43,44)45,14-7-18-48(30)32(49)26-23-46-17-12-27(26)38(40,41)42)33(50)47-19-15-36(53,16-20-47)28-10-5-6-11-29(28)54-21-8-13-35(2,3)34(51)52/h5-6,10-12,17,22-24,30,53H,4,7-9,13-16,18-21H2,1-3H3,(H,51,52). The number of carboxylic acids is 1. The second-order valence-corrected chi connectivity index (χ2v) is 15.8. The van der Waals surface area contributed by atoms with Crippen LogP contribution in [0.3, 0.4) is 0 Å². The lowest BCUT2D eigenvalue weighted by atomic mass is 9.78. The third-order valence-corrected chi connectivity index (χ3v) is 11.6. The third kappa shape index (κ3) is 9.09. The maximum Gasteiger partial charge on any atom is 0.425 e. The summed E-state index contributed by atoms with van der Waals surface area (Å²) in [7, 11) is 0. The number of carboxylic acid groups (broad SMARTS) is 1. The first-order valence-electron chi connectivity index (χ1n) is 18.4. The quantitative estimate of drug-likeness (QED) is 0.131.